The zero-order chi connectivity index (χ0) is 15.8. The number of nitrogens with one attached hydrogen (secondary N) is 3. The molecule has 0 radical (unpaired) electrons. The van der Waals surface area contributed by atoms with Gasteiger partial charge < -0.3 is 10.1 Å². The van der Waals surface area contributed by atoms with Gasteiger partial charge in [-0.3, -0.25) is 0 Å². The molecular formula is C14H21N3O4S. The minimum Gasteiger partial charge on any atom is -0.444 e. The summed E-state index contributed by atoms with van der Waals surface area (Å²) >= 11 is 0. The number of piperidine rings is 1. The SMILES string of the molecule is O=C(NS(=O)(=O)NCC1CCCCN1)OCc1ccccc1. The molecule has 1 heterocycles. The lowest BCUT2D eigenvalue weighted by Crippen LogP contribution is -2.47. The molecule has 0 aromatic heterocycles. The third kappa shape index (κ3) is 6.00. The first kappa shape index (κ1) is 16.7. The molecule has 122 valence electrons. The van der Waals surface area contributed by atoms with Gasteiger partial charge in [-0.15, -0.1) is 0 Å². The van der Waals surface area contributed by atoms with E-state index in [2.05, 4.69) is 10.0 Å². The molecule has 0 spiro atoms. The molecule has 7 nitrogen and oxygen atoms in total. The van der Waals surface area contributed by atoms with Crippen LogP contribution in [0.4, 0.5) is 4.79 Å². The second-order valence-corrected chi connectivity index (χ2v) is 6.66. The lowest BCUT2D eigenvalue weighted by molar-refractivity contribution is 0.146. The Hall–Kier alpha value is -1.64. The molecule has 1 atom stereocenters. The van der Waals surface area contributed by atoms with Crippen LogP contribution in [0.5, 0.6) is 0 Å². The second-order valence-electron chi connectivity index (χ2n) is 5.16. The number of benzene rings is 1. The van der Waals surface area contributed by atoms with E-state index in [1.165, 1.54) is 0 Å². The Morgan fingerprint density at radius 3 is 2.73 bits per heavy atom. The summed E-state index contributed by atoms with van der Waals surface area (Å²) < 4.78 is 32.6. The number of carbonyl (C=O) groups is 1. The molecule has 1 amide bonds. The van der Waals surface area contributed by atoms with Crippen LogP contribution in [0, 0.1) is 0 Å². The first-order valence-corrected chi connectivity index (χ1v) is 8.75. The van der Waals surface area contributed by atoms with E-state index in [-0.39, 0.29) is 19.2 Å². The average molecular weight is 327 g/mol. The Bertz CT molecular complexity index is 571. The Labute approximate surface area is 130 Å². The minimum atomic E-state index is -3.90. The van der Waals surface area contributed by atoms with Crippen molar-refractivity contribution in [3.05, 3.63) is 35.9 Å². The molecule has 3 N–H and O–H groups in total. The molecule has 1 aliphatic heterocycles. The van der Waals surface area contributed by atoms with Crippen molar-refractivity contribution in [2.75, 3.05) is 13.1 Å². The third-order valence-corrected chi connectivity index (χ3v) is 4.34. The van der Waals surface area contributed by atoms with Gasteiger partial charge in [0.1, 0.15) is 6.61 Å². The second kappa shape index (κ2) is 8.11. The van der Waals surface area contributed by atoms with E-state index in [0.29, 0.717) is 0 Å². The Morgan fingerprint density at radius 1 is 1.27 bits per heavy atom. The van der Waals surface area contributed by atoms with Crippen molar-refractivity contribution in [1.29, 1.82) is 0 Å². The van der Waals surface area contributed by atoms with Crippen molar-refractivity contribution in [2.45, 2.75) is 31.9 Å². The maximum atomic E-state index is 11.7. The summed E-state index contributed by atoms with van der Waals surface area (Å²) in [5.74, 6) is 0. The molecule has 0 bridgehead atoms. The van der Waals surface area contributed by atoms with Gasteiger partial charge in [0.05, 0.1) is 0 Å². The van der Waals surface area contributed by atoms with Crippen molar-refractivity contribution in [1.82, 2.24) is 14.8 Å². The number of hydrogen-bond donors (Lipinski definition) is 3. The largest absolute Gasteiger partial charge is 0.444 e. The van der Waals surface area contributed by atoms with Gasteiger partial charge in [0, 0.05) is 12.6 Å². The van der Waals surface area contributed by atoms with Crippen LogP contribution in [-0.4, -0.2) is 33.6 Å². The predicted molar refractivity (Wildman–Crippen MR) is 82.3 cm³/mol. The number of amides is 1. The fourth-order valence-corrected chi connectivity index (χ4v) is 2.98. The van der Waals surface area contributed by atoms with Gasteiger partial charge in [0.2, 0.25) is 0 Å². The van der Waals surface area contributed by atoms with Crippen LogP contribution < -0.4 is 14.8 Å². The van der Waals surface area contributed by atoms with Crippen molar-refractivity contribution < 1.29 is 17.9 Å². The minimum absolute atomic E-state index is 0.0202. The van der Waals surface area contributed by atoms with Crippen molar-refractivity contribution in [2.24, 2.45) is 0 Å². The molecule has 1 fully saturated rings. The van der Waals surface area contributed by atoms with Gasteiger partial charge in [-0.25, -0.2) is 9.52 Å². The van der Waals surface area contributed by atoms with E-state index in [9.17, 15) is 13.2 Å². The van der Waals surface area contributed by atoms with Gasteiger partial charge in [-0.2, -0.15) is 13.1 Å². The maximum absolute atomic E-state index is 11.7. The highest BCUT2D eigenvalue weighted by Gasteiger charge is 2.19. The number of ether oxygens (including phenoxy) is 1. The molecule has 1 aromatic carbocycles. The summed E-state index contributed by atoms with van der Waals surface area (Å²) in [5, 5.41) is 3.22. The number of carbonyl (C=O) groups excluding carboxylic acids is 1. The molecule has 1 aliphatic rings. The fourth-order valence-electron chi connectivity index (χ4n) is 2.21. The lowest BCUT2D eigenvalue weighted by atomic mass is 10.1. The Morgan fingerprint density at radius 2 is 2.05 bits per heavy atom. The summed E-state index contributed by atoms with van der Waals surface area (Å²) in [5.41, 5.74) is 0.786. The molecule has 1 aromatic rings. The van der Waals surface area contributed by atoms with Gasteiger partial charge in [0.15, 0.2) is 0 Å². The van der Waals surface area contributed by atoms with Crippen LogP contribution in [0.3, 0.4) is 0 Å². The van der Waals surface area contributed by atoms with Gasteiger partial charge in [0.25, 0.3) is 0 Å². The van der Waals surface area contributed by atoms with E-state index < -0.39 is 16.3 Å². The van der Waals surface area contributed by atoms with Crippen molar-refractivity contribution >= 4 is 16.3 Å². The van der Waals surface area contributed by atoms with Crippen LogP contribution in [0.15, 0.2) is 30.3 Å². The van der Waals surface area contributed by atoms with Crippen LogP contribution >= 0.6 is 0 Å². The summed E-state index contributed by atoms with van der Waals surface area (Å²) in [6.07, 6.45) is 2.10. The third-order valence-electron chi connectivity index (χ3n) is 3.36. The highest BCUT2D eigenvalue weighted by atomic mass is 32.2. The zero-order valence-corrected chi connectivity index (χ0v) is 13.1. The van der Waals surface area contributed by atoms with E-state index in [1.54, 1.807) is 12.1 Å². The monoisotopic (exact) mass is 327 g/mol. The van der Waals surface area contributed by atoms with Crippen LogP contribution in [0.1, 0.15) is 24.8 Å². The first-order valence-electron chi connectivity index (χ1n) is 7.27. The first-order chi connectivity index (χ1) is 10.6. The Balaban J connectivity index is 1.72. The Kier molecular flexibility index (Phi) is 6.17. The van der Waals surface area contributed by atoms with Crippen molar-refractivity contribution in [3.63, 3.8) is 0 Å². The summed E-state index contributed by atoms with van der Waals surface area (Å²) in [6, 6.07) is 9.14. The number of hydrogen-bond acceptors (Lipinski definition) is 5. The normalized spacial score (nSPS) is 18.6. The van der Waals surface area contributed by atoms with E-state index in [0.717, 1.165) is 31.4 Å². The topological polar surface area (TPSA) is 96.5 Å². The maximum Gasteiger partial charge on any atom is 0.422 e. The highest BCUT2D eigenvalue weighted by Crippen LogP contribution is 2.06. The standard InChI is InChI=1S/C14H21N3O4S/c18-14(21-11-12-6-2-1-3-7-12)17-22(19,20)16-10-13-8-4-5-9-15-13/h1-3,6-7,13,15-16H,4-5,8-11H2,(H,17,18). The van der Waals surface area contributed by atoms with E-state index >= 15 is 0 Å². The summed E-state index contributed by atoms with van der Waals surface area (Å²) in [4.78, 5) is 11.5. The molecular weight excluding hydrogens is 306 g/mol. The number of rotatable bonds is 6. The van der Waals surface area contributed by atoms with Gasteiger partial charge >= 0.3 is 16.3 Å². The van der Waals surface area contributed by atoms with Crippen LogP contribution in [0.25, 0.3) is 0 Å². The molecule has 1 unspecified atom stereocenters. The summed E-state index contributed by atoms with van der Waals surface area (Å²) in [7, 11) is -3.90. The fraction of sp³-hybridized carbons (Fsp3) is 0.500. The van der Waals surface area contributed by atoms with Gasteiger partial charge in [-0.1, -0.05) is 36.8 Å². The lowest BCUT2D eigenvalue weighted by Gasteiger charge is -2.23. The van der Waals surface area contributed by atoms with Gasteiger partial charge in [-0.05, 0) is 24.9 Å². The van der Waals surface area contributed by atoms with E-state index in [1.807, 2.05) is 22.9 Å². The molecule has 2 rings (SSSR count). The molecule has 0 aliphatic carbocycles. The van der Waals surface area contributed by atoms with Crippen LogP contribution in [-0.2, 0) is 21.6 Å². The molecule has 0 saturated carbocycles. The molecule has 1 saturated heterocycles. The highest BCUT2D eigenvalue weighted by molar-refractivity contribution is 7.88. The molecule has 8 heteroatoms. The van der Waals surface area contributed by atoms with Crippen LogP contribution in [0.2, 0.25) is 0 Å². The predicted octanol–water partition coefficient (Wildman–Crippen LogP) is 0.889. The quantitative estimate of drug-likeness (QED) is 0.721. The molecule has 22 heavy (non-hydrogen) atoms. The zero-order valence-electron chi connectivity index (χ0n) is 12.2. The van der Waals surface area contributed by atoms with Crippen molar-refractivity contribution in [3.8, 4) is 0 Å². The van der Waals surface area contributed by atoms with E-state index in [4.69, 9.17) is 4.74 Å². The smallest absolute Gasteiger partial charge is 0.422 e. The summed E-state index contributed by atoms with van der Waals surface area (Å²) in [6.45, 7) is 1.16. The average Bonchev–Trinajstić information content (AvgIpc) is 2.53.